The summed E-state index contributed by atoms with van der Waals surface area (Å²) < 4.78 is 1.24. The van der Waals surface area contributed by atoms with Crippen molar-refractivity contribution in [3.8, 4) is 0 Å². The highest BCUT2D eigenvalue weighted by molar-refractivity contribution is 7.19. The zero-order chi connectivity index (χ0) is 15.8. The van der Waals surface area contributed by atoms with Crippen LogP contribution >= 0.6 is 11.3 Å². The van der Waals surface area contributed by atoms with E-state index in [1.807, 2.05) is 0 Å². The molecule has 23 heavy (non-hydrogen) atoms. The number of hydrogen-bond donors (Lipinski definition) is 0. The Kier molecular flexibility index (Phi) is 3.47. The Hall–Kier alpha value is -2.45. The Bertz CT molecular complexity index is 1040. The minimum Gasteiger partial charge on any atom is -0.236 e. The van der Waals surface area contributed by atoms with Gasteiger partial charge in [-0.05, 0) is 42.5 Å². The van der Waals surface area contributed by atoms with Crippen LogP contribution in [-0.2, 0) is 0 Å². The van der Waals surface area contributed by atoms with Crippen LogP contribution in [0.5, 0.6) is 0 Å². The summed E-state index contributed by atoms with van der Waals surface area (Å²) in [5.74, 6) is 0. The molecule has 0 spiro atoms. The van der Waals surface area contributed by atoms with E-state index in [-0.39, 0.29) is 0 Å². The summed E-state index contributed by atoms with van der Waals surface area (Å²) in [5.41, 5.74) is 4.95. The van der Waals surface area contributed by atoms with Crippen molar-refractivity contribution in [1.29, 1.82) is 0 Å². The Balaban J connectivity index is 1.77. The molecule has 0 fully saturated rings. The number of rotatable bonds is 2. The molecule has 0 saturated carbocycles. The highest BCUT2D eigenvalue weighted by atomic mass is 32.1. The van der Waals surface area contributed by atoms with E-state index in [9.17, 15) is 0 Å². The average Bonchev–Trinajstić information content (AvgIpc) is 2.97. The van der Waals surface area contributed by atoms with Gasteiger partial charge in [-0.25, -0.2) is 4.98 Å². The number of fused-ring (bicyclic) bond motifs is 3. The van der Waals surface area contributed by atoms with Crippen LogP contribution in [-0.4, -0.2) is 4.98 Å². The Morgan fingerprint density at radius 3 is 2.65 bits per heavy atom. The van der Waals surface area contributed by atoms with E-state index in [2.05, 4.69) is 80.6 Å². The van der Waals surface area contributed by atoms with Gasteiger partial charge < -0.3 is 0 Å². The van der Waals surface area contributed by atoms with Gasteiger partial charge in [0, 0.05) is 5.39 Å². The lowest BCUT2D eigenvalue weighted by molar-refractivity contribution is 1.37. The van der Waals surface area contributed by atoms with Crippen LogP contribution in [0.2, 0.25) is 0 Å². The highest BCUT2D eigenvalue weighted by Gasteiger charge is 2.05. The third kappa shape index (κ3) is 2.66. The molecular weight excluding hydrogens is 298 g/mol. The number of benzene rings is 3. The maximum absolute atomic E-state index is 4.83. The van der Waals surface area contributed by atoms with E-state index in [4.69, 9.17) is 4.98 Å². The molecule has 0 N–H and O–H groups in total. The zero-order valence-corrected chi connectivity index (χ0v) is 14.0. The van der Waals surface area contributed by atoms with Gasteiger partial charge in [0.1, 0.15) is 5.01 Å². The van der Waals surface area contributed by atoms with Crippen LogP contribution < -0.4 is 0 Å². The molecule has 4 rings (SSSR count). The molecule has 112 valence electrons. The van der Waals surface area contributed by atoms with Crippen molar-refractivity contribution in [1.82, 2.24) is 4.98 Å². The van der Waals surface area contributed by atoms with E-state index in [1.165, 1.54) is 32.2 Å². The fourth-order valence-electron chi connectivity index (χ4n) is 2.92. The van der Waals surface area contributed by atoms with Gasteiger partial charge in [0.2, 0.25) is 0 Å². The summed E-state index contributed by atoms with van der Waals surface area (Å²) in [6.07, 6.45) is 4.28. The molecule has 2 heteroatoms. The van der Waals surface area contributed by atoms with Crippen molar-refractivity contribution in [3.05, 3.63) is 76.3 Å². The van der Waals surface area contributed by atoms with Crippen molar-refractivity contribution in [2.24, 2.45) is 0 Å². The Labute approximate surface area is 139 Å². The summed E-state index contributed by atoms with van der Waals surface area (Å²) in [6.45, 7) is 4.28. The smallest absolute Gasteiger partial charge is 0.117 e. The number of thiazole rings is 1. The highest BCUT2D eigenvalue weighted by Crippen LogP contribution is 2.30. The maximum atomic E-state index is 4.83. The maximum Gasteiger partial charge on any atom is 0.117 e. The van der Waals surface area contributed by atoms with Crippen molar-refractivity contribution >= 4 is 44.5 Å². The number of aromatic nitrogens is 1. The molecule has 1 heterocycles. The van der Waals surface area contributed by atoms with Crippen LogP contribution in [0.4, 0.5) is 0 Å². The second kappa shape index (κ2) is 5.64. The van der Waals surface area contributed by atoms with Gasteiger partial charge in [0.15, 0.2) is 0 Å². The monoisotopic (exact) mass is 315 g/mol. The molecule has 1 nitrogen and oxygen atoms in total. The first-order chi connectivity index (χ1) is 11.2. The summed E-state index contributed by atoms with van der Waals surface area (Å²) in [5, 5.41) is 3.53. The van der Waals surface area contributed by atoms with E-state index in [0.29, 0.717) is 0 Å². The number of hydrogen-bond acceptors (Lipinski definition) is 2. The number of nitrogens with zero attached hydrogens (tertiary/aromatic N) is 1. The van der Waals surface area contributed by atoms with E-state index >= 15 is 0 Å². The fraction of sp³-hybridized carbons (Fsp3) is 0.0952. The van der Waals surface area contributed by atoms with Crippen LogP contribution in [0.15, 0.2) is 54.6 Å². The van der Waals surface area contributed by atoms with Gasteiger partial charge >= 0.3 is 0 Å². The molecule has 4 aromatic rings. The van der Waals surface area contributed by atoms with E-state index < -0.39 is 0 Å². The topological polar surface area (TPSA) is 12.9 Å². The molecule has 0 bridgehead atoms. The molecule has 0 amide bonds. The lowest BCUT2D eigenvalue weighted by Crippen LogP contribution is -1.81. The third-order valence-corrected chi connectivity index (χ3v) is 5.12. The first kappa shape index (κ1) is 14.2. The fourth-order valence-corrected chi connectivity index (χ4v) is 3.81. The Morgan fingerprint density at radius 2 is 1.78 bits per heavy atom. The van der Waals surface area contributed by atoms with Crippen LogP contribution in [0, 0.1) is 13.8 Å². The predicted octanol–water partition coefficient (Wildman–Crippen LogP) is 6.24. The second-order valence-electron chi connectivity index (χ2n) is 5.88. The van der Waals surface area contributed by atoms with Crippen LogP contribution in [0.1, 0.15) is 21.7 Å². The molecule has 0 aliphatic heterocycles. The van der Waals surface area contributed by atoms with Gasteiger partial charge in [-0.1, -0.05) is 60.2 Å². The average molecular weight is 315 g/mol. The summed E-state index contributed by atoms with van der Waals surface area (Å²) in [4.78, 5) is 4.83. The summed E-state index contributed by atoms with van der Waals surface area (Å²) in [7, 11) is 0. The zero-order valence-electron chi connectivity index (χ0n) is 13.2. The largest absolute Gasteiger partial charge is 0.236 e. The van der Waals surface area contributed by atoms with Gasteiger partial charge in [-0.3, -0.25) is 0 Å². The lowest BCUT2D eigenvalue weighted by atomic mass is 10.1. The molecule has 0 aliphatic carbocycles. The van der Waals surface area contributed by atoms with Crippen molar-refractivity contribution in [2.45, 2.75) is 13.8 Å². The minimum absolute atomic E-state index is 1.05. The summed E-state index contributed by atoms with van der Waals surface area (Å²) >= 11 is 1.74. The molecule has 0 unspecified atom stereocenters. The van der Waals surface area contributed by atoms with Crippen LogP contribution in [0.3, 0.4) is 0 Å². The van der Waals surface area contributed by atoms with Crippen LogP contribution in [0.25, 0.3) is 33.1 Å². The molecule has 1 aromatic heterocycles. The minimum atomic E-state index is 1.05. The number of aryl methyl sites for hydroxylation is 2. The molecule has 0 atom stereocenters. The first-order valence-electron chi connectivity index (χ1n) is 7.74. The first-order valence-corrected chi connectivity index (χ1v) is 8.56. The van der Waals surface area contributed by atoms with Crippen molar-refractivity contribution in [3.63, 3.8) is 0 Å². The van der Waals surface area contributed by atoms with Gasteiger partial charge in [0.25, 0.3) is 0 Å². The molecule has 3 aromatic carbocycles. The van der Waals surface area contributed by atoms with Gasteiger partial charge in [-0.2, -0.15) is 0 Å². The molecular formula is C21H17NS. The summed E-state index contributed by atoms with van der Waals surface area (Å²) in [6, 6.07) is 19.3. The van der Waals surface area contributed by atoms with Gasteiger partial charge in [-0.15, -0.1) is 11.3 Å². The standard InChI is InChI=1S/C21H17NS/c1-14-7-8-16(15(2)13-14)10-12-20-22-21-18-6-4-3-5-17(18)9-11-19(21)23-20/h3-13H,1-2H3/b12-10+. The third-order valence-electron chi connectivity index (χ3n) is 4.13. The van der Waals surface area contributed by atoms with E-state index in [0.717, 1.165) is 10.5 Å². The normalized spacial score (nSPS) is 11.7. The van der Waals surface area contributed by atoms with E-state index in [1.54, 1.807) is 11.3 Å². The SMILES string of the molecule is Cc1ccc(/C=C/c2nc3c(ccc4ccccc43)s2)c(C)c1. The Morgan fingerprint density at radius 1 is 0.913 bits per heavy atom. The molecule has 0 saturated heterocycles. The second-order valence-corrected chi connectivity index (χ2v) is 6.94. The lowest BCUT2D eigenvalue weighted by Gasteiger charge is -2.00. The van der Waals surface area contributed by atoms with Crippen molar-refractivity contribution < 1.29 is 0 Å². The quantitative estimate of drug-likeness (QED) is 0.427. The predicted molar refractivity (Wildman–Crippen MR) is 102 cm³/mol. The molecule has 0 radical (unpaired) electrons. The van der Waals surface area contributed by atoms with Gasteiger partial charge in [0.05, 0.1) is 10.2 Å². The molecule has 0 aliphatic rings. The van der Waals surface area contributed by atoms with Crippen molar-refractivity contribution in [2.75, 3.05) is 0 Å².